The van der Waals surface area contributed by atoms with E-state index in [1.807, 2.05) is 36.4 Å². The van der Waals surface area contributed by atoms with E-state index in [2.05, 4.69) is 28.8 Å². The summed E-state index contributed by atoms with van der Waals surface area (Å²) in [6.07, 6.45) is 1.89. The van der Waals surface area contributed by atoms with Crippen LogP contribution >= 0.6 is 0 Å². The van der Waals surface area contributed by atoms with Crippen LogP contribution in [-0.2, 0) is 21.6 Å². The number of esters is 1. The van der Waals surface area contributed by atoms with Gasteiger partial charge < -0.3 is 15.4 Å². The van der Waals surface area contributed by atoms with Crippen LogP contribution in [0, 0.1) is 0 Å². The predicted molar refractivity (Wildman–Crippen MR) is 93.9 cm³/mol. The van der Waals surface area contributed by atoms with Crippen LogP contribution < -0.4 is 10.6 Å². The highest BCUT2D eigenvalue weighted by atomic mass is 16.5. The predicted octanol–water partition coefficient (Wildman–Crippen LogP) is 2.85. The van der Waals surface area contributed by atoms with Gasteiger partial charge in [-0.1, -0.05) is 48.5 Å². The quantitative estimate of drug-likeness (QED) is 0.853. The zero-order valence-electron chi connectivity index (χ0n) is 13.6. The molecule has 2 aromatic carbocycles. The van der Waals surface area contributed by atoms with Gasteiger partial charge in [-0.05, 0) is 43.1 Å². The molecule has 2 aliphatic rings. The van der Waals surface area contributed by atoms with Gasteiger partial charge in [-0.25, -0.2) is 4.79 Å². The number of anilines is 1. The third-order valence-electron chi connectivity index (χ3n) is 5.27. The van der Waals surface area contributed by atoms with Crippen molar-refractivity contribution in [2.75, 3.05) is 18.4 Å². The zero-order chi connectivity index (χ0) is 16.4. The first-order valence-electron chi connectivity index (χ1n) is 8.57. The lowest BCUT2D eigenvalue weighted by Gasteiger charge is -2.38. The summed E-state index contributed by atoms with van der Waals surface area (Å²) in [5, 5.41) is 6.83. The maximum Gasteiger partial charge on any atom is 0.329 e. The van der Waals surface area contributed by atoms with E-state index in [1.54, 1.807) is 0 Å². The fourth-order valence-electron chi connectivity index (χ4n) is 4.02. The Bertz CT molecular complexity index is 723. The largest absolute Gasteiger partial charge is 0.459 e. The smallest absolute Gasteiger partial charge is 0.329 e. The Morgan fingerprint density at radius 2 is 1.75 bits per heavy atom. The van der Waals surface area contributed by atoms with Crippen LogP contribution in [0.5, 0.6) is 0 Å². The van der Waals surface area contributed by atoms with Crippen molar-refractivity contribution < 1.29 is 9.53 Å². The lowest BCUT2D eigenvalue weighted by Crippen LogP contribution is -2.51. The molecule has 1 atom stereocenters. The first kappa shape index (κ1) is 15.2. The molecule has 1 spiro atoms. The summed E-state index contributed by atoms with van der Waals surface area (Å²) in [4.78, 5) is 12.9. The molecule has 124 valence electrons. The molecule has 0 aliphatic carbocycles. The average Bonchev–Trinajstić information content (AvgIpc) is 2.95. The standard InChI is InChI=1S/C20H22N2O2/c23-19(24-14-15-6-2-1-3-7-15)18-20(10-12-21-13-11-20)16-8-4-5-9-17(16)22-18/h1-9,18,21-22H,10-14H2. The number of para-hydroxylation sites is 1. The monoisotopic (exact) mass is 322 g/mol. The third kappa shape index (κ3) is 2.57. The molecule has 0 radical (unpaired) electrons. The first-order valence-corrected chi connectivity index (χ1v) is 8.57. The molecular weight excluding hydrogens is 300 g/mol. The van der Waals surface area contributed by atoms with Crippen LogP contribution in [0.3, 0.4) is 0 Å². The summed E-state index contributed by atoms with van der Waals surface area (Å²) in [5.74, 6) is -0.156. The number of hydrogen-bond acceptors (Lipinski definition) is 4. The molecule has 2 N–H and O–H groups in total. The molecule has 1 unspecified atom stereocenters. The summed E-state index contributed by atoms with van der Waals surface area (Å²) < 4.78 is 5.65. The molecule has 0 amide bonds. The number of carbonyl (C=O) groups excluding carboxylic acids is 1. The van der Waals surface area contributed by atoms with Crippen LogP contribution in [-0.4, -0.2) is 25.1 Å². The van der Waals surface area contributed by atoms with Gasteiger partial charge in [0.25, 0.3) is 0 Å². The number of benzene rings is 2. The van der Waals surface area contributed by atoms with Gasteiger partial charge in [0.2, 0.25) is 0 Å². The SMILES string of the molecule is O=C(OCc1ccccc1)C1Nc2ccccc2C12CCNCC2. The fourth-order valence-corrected chi connectivity index (χ4v) is 4.02. The summed E-state index contributed by atoms with van der Waals surface area (Å²) in [6, 6.07) is 17.8. The van der Waals surface area contributed by atoms with Crippen molar-refractivity contribution in [2.24, 2.45) is 0 Å². The Balaban J connectivity index is 1.56. The Labute approximate surface area is 142 Å². The van der Waals surface area contributed by atoms with Crippen LogP contribution in [0.25, 0.3) is 0 Å². The summed E-state index contributed by atoms with van der Waals surface area (Å²) in [5.41, 5.74) is 3.19. The van der Waals surface area contributed by atoms with E-state index in [1.165, 1.54) is 5.56 Å². The number of fused-ring (bicyclic) bond motifs is 2. The van der Waals surface area contributed by atoms with E-state index in [4.69, 9.17) is 4.74 Å². The molecule has 2 heterocycles. The van der Waals surface area contributed by atoms with E-state index in [-0.39, 0.29) is 17.4 Å². The van der Waals surface area contributed by atoms with E-state index < -0.39 is 0 Å². The minimum Gasteiger partial charge on any atom is -0.459 e. The number of nitrogens with one attached hydrogen (secondary N) is 2. The number of hydrogen-bond donors (Lipinski definition) is 2. The first-order chi connectivity index (χ1) is 11.8. The van der Waals surface area contributed by atoms with Crippen molar-refractivity contribution in [2.45, 2.75) is 30.9 Å². The number of piperidine rings is 1. The average molecular weight is 322 g/mol. The Morgan fingerprint density at radius 1 is 1.04 bits per heavy atom. The Kier molecular flexibility index (Phi) is 3.98. The normalized spacial score (nSPS) is 21.1. The Morgan fingerprint density at radius 3 is 2.54 bits per heavy atom. The molecule has 2 aliphatic heterocycles. The van der Waals surface area contributed by atoms with E-state index in [0.717, 1.165) is 37.2 Å². The summed E-state index contributed by atoms with van der Waals surface area (Å²) in [7, 11) is 0. The summed E-state index contributed by atoms with van der Waals surface area (Å²) >= 11 is 0. The van der Waals surface area contributed by atoms with Gasteiger partial charge in [-0.2, -0.15) is 0 Å². The molecule has 0 bridgehead atoms. The van der Waals surface area contributed by atoms with E-state index in [0.29, 0.717) is 6.61 Å². The summed E-state index contributed by atoms with van der Waals surface area (Å²) in [6.45, 7) is 2.18. The molecule has 0 aromatic heterocycles. The topological polar surface area (TPSA) is 50.4 Å². The van der Waals surface area contributed by atoms with Gasteiger partial charge in [-0.3, -0.25) is 0 Å². The van der Waals surface area contributed by atoms with Gasteiger partial charge >= 0.3 is 5.97 Å². The van der Waals surface area contributed by atoms with Crippen LogP contribution in [0.15, 0.2) is 54.6 Å². The van der Waals surface area contributed by atoms with E-state index in [9.17, 15) is 4.79 Å². The number of rotatable bonds is 3. The maximum atomic E-state index is 12.9. The van der Waals surface area contributed by atoms with Crippen LogP contribution in [0.2, 0.25) is 0 Å². The molecule has 2 aromatic rings. The molecular formula is C20H22N2O2. The molecule has 1 saturated heterocycles. The van der Waals surface area contributed by atoms with Crippen molar-refractivity contribution in [3.8, 4) is 0 Å². The highest BCUT2D eigenvalue weighted by Gasteiger charge is 2.51. The van der Waals surface area contributed by atoms with Gasteiger partial charge in [0.15, 0.2) is 0 Å². The van der Waals surface area contributed by atoms with Crippen LogP contribution in [0.4, 0.5) is 5.69 Å². The third-order valence-corrected chi connectivity index (χ3v) is 5.27. The van der Waals surface area contributed by atoms with Gasteiger partial charge in [-0.15, -0.1) is 0 Å². The number of carbonyl (C=O) groups is 1. The van der Waals surface area contributed by atoms with Crippen molar-refractivity contribution in [1.29, 1.82) is 0 Å². The maximum absolute atomic E-state index is 12.9. The highest BCUT2D eigenvalue weighted by Crippen LogP contribution is 2.47. The Hall–Kier alpha value is -2.33. The molecule has 24 heavy (non-hydrogen) atoms. The lowest BCUT2D eigenvalue weighted by molar-refractivity contribution is -0.147. The van der Waals surface area contributed by atoms with Crippen LogP contribution in [0.1, 0.15) is 24.0 Å². The molecule has 0 saturated carbocycles. The molecule has 4 nitrogen and oxygen atoms in total. The second-order valence-corrected chi connectivity index (χ2v) is 6.62. The van der Waals surface area contributed by atoms with Crippen molar-refractivity contribution in [3.63, 3.8) is 0 Å². The van der Waals surface area contributed by atoms with Gasteiger partial charge in [0.05, 0.1) is 0 Å². The van der Waals surface area contributed by atoms with Crippen molar-refractivity contribution in [3.05, 3.63) is 65.7 Å². The minimum absolute atomic E-state index is 0.156. The fraction of sp³-hybridized carbons (Fsp3) is 0.350. The van der Waals surface area contributed by atoms with Gasteiger partial charge in [0.1, 0.15) is 12.6 Å². The molecule has 4 heteroatoms. The highest BCUT2D eigenvalue weighted by molar-refractivity contribution is 5.86. The molecule has 4 rings (SSSR count). The lowest BCUT2D eigenvalue weighted by atomic mass is 9.70. The molecule has 1 fully saturated rings. The van der Waals surface area contributed by atoms with Gasteiger partial charge in [0, 0.05) is 11.1 Å². The van der Waals surface area contributed by atoms with Crippen molar-refractivity contribution in [1.82, 2.24) is 5.32 Å². The van der Waals surface area contributed by atoms with E-state index >= 15 is 0 Å². The second-order valence-electron chi connectivity index (χ2n) is 6.62. The minimum atomic E-state index is -0.305. The second kappa shape index (κ2) is 6.29. The van der Waals surface area contributed by atoms with Crippen molar-refractivity contribution >= 4 is 11.7 Å². The number of ether oxygens (including phenoxy) is 1. The zero-order valence-corrected chi connectivity index (χ0v) is 13.6.